The number of hydrogen-bond acceptors (Lipinski definition) is 4. The Morgan fingerprint density at radius 2 is 2.21 bits per heavy atom. The highest BCUT2D eigenvalue weighted by Crippen LogP contribution is 2.21. The lowest BCUT2D eigenvalue weighted by Gasteiger charge is -2.16. The fourth-order valence-electron chi connectivity index (χ4n) is 2.26. The number of amides is 1. The molecule has 1 unspecified atom stereocenters. The lowest BCUT2D eigenvalue weighted by Crippen LogP contribution is -2.29. The first-order valence-corrected chi connectivity index (χ1v) is 6.21. The van der Waals surface area contributed by atoms with Crippen LogP contribution in [-0.2, 0) is 0 Å². The van der Waals surface area contributed by atoms with Gasteiger partial charge in [-0.1, -0.05) is 0 Å². The first-order valence-electron chi connectivity index (χ1n) is 6.21. The predicted molar refractivity (Wildman–Crippen MR) is 66.9 cm³/mol. The molecule has 6 nitrogen and oxygen atoms in total. The number of rotatable bonds is 4. The van der Waals surface area contributed by atoms with Crippen LogP contribution in [0.4, 0.5) is 0 Å². The summed E-state index contributed by atoms with van der Waals surface area (Å²) in [5.41, 5.74) is 0.325. The molecule has 0 aromatic carbocycles. The minimum absolute atomic E-state index is 0.0730. The lowest BCUT2D eigenvalue weighted by atomic mass is 10.1. The lowest BCUT2D eigenvalue weighted by molar-refractivity contribution is 0.0688. The maximum Gasteiger partial charge on any atom is 0.354 e. The number of carbonyl (C=O) groups excluding carboxylic acids is 1. The van der Waals surface area contributed by atoms with Gasteiger partial charge in [0.05, 0.1) is 5.56 Å². The number of nitrogens with zero attached hydrogens (tertiary/aromatic N) is 2. The molecule has 0 spiro atoms. The highest BCUT2D eigenvalue weighted by molar-refractivity contribution is 5.95. The van der Waals surface area contributed by atoms with Crippen LogP contribution in [0.15, 0.2) is 18.3 Å². The molecular formula is C13H16N2O4. The molecule has 2 heterocycles. The molecular weight excluding hydrogens is 248 g/mol. The second-order valence-electron chi connectivity index (χ2n) is 4.66. The molecule has 6 heteroatoms. The molecule has 102 valence electrons. The van der Waals surface area contributed by atoms with E-state index in [0.717, 1.165) is 6.42 Å². The Balaban J connectivity index is 2.02. The van der Waals surface area contributed by atoms with Gasteiger partial charge in [-0.15, -0.1) is 0 Å². The summed E-state index contributed by atoms with van der Waals surface area (Å²) in [6, 6.07) is 2.81. The molecule has 2 rings (SSSR count). The molecule has 1 atom stereocenters. The Morgan fingerprint density at radius 1 is 1.42 bits per heavy atom. The van der Waals surface area contributed by atoms with Gasteiger partial charge in [0.1, 0.15) is 5.69 Å². The van der Waals surface area contributed by atoms with Crippen molar-refractivity contribution < 1.29 is 19.8 Å². The Labute approximate surface area is 110 Å². The van der Waals surface area contributed by atoms with Crippen molar-refractivity contribution in [2.75, 3.05) is 19.7 Å². The second kappa shape index (κ2) is 5.79. The number of likely N-dealkylation sites (tertiary alicyclic amines) is 1. The van der Waals surface area contributed by atoms with Crippen molar-refractivity contribution in [2.45, 2.75) is 12.8 Å². The summed E-state index contributed by atoms with van der Waals surface area (Å²) >= 11 is 0. The Hall–Kier alpha value is -1.95. The molecule has 1 aliphatic heterocycles. The minimum Gasteiger partial charge on any atom is -0.477 e. The van der Waals surface area contributed by atoms with Gasteiger partial charge in [0, 0.05) is 25.9 Å². The number of pyridine rings is 1. The van der Waals surface area contributed by atoms with Crippen molar-refractivity contribution in [3.8, 4) is 0 Å². The van der Waals surface area contributed by atoms with Crippen LogP contribution in [0.1, 0.15) is 33.7 Å². The van der Waals surface area contributed by atoms with E-state index in [9.17, 15) is 9.59 Å². The van der Waals surface area contributed by atoms with Gasteiger partial charge in [0.15, 0.2) is 0 Å². The Bertz CT molecular complexity index is 472. The van der Waals surface area contributed by atoms with Crippen molar-refractivity contribution >= 4 is 11.9 Å². The van der Waals surface area contributed by atoms with Crippen molar-refractivity contribution in [1.29, 1.82) is 0 Å². The summed E-state index contributed by atoms with van der Waals surface area (Å²) in [6.07, 6.45) is 2.90. The molecule has 2 N–H and O–H groups in total. The van der Waals surface area contributed by atoms with E-state index in [1.807, 2.05) is 0 Å². The van der Waals surface area contributed by atoms with E-state index in [1.165, 1.54) is 18.3 Å². The number of aromatic carboxylic acids is 1. The fraction of sp³-hybridized carbons (Fsp3) is 0.462. The maximum atomic E-state index is 12.2. The van der Waals surface area contributed by atoms with Crippen LogP contribution in [0.5, 0.6) is 0 Å². The number of carboxylic acids is 1. The van der Waals surface area contributed by atoms with Gasteiger partial charge >= 0.3 is 5.97 Å². The monoisotopic (exact) mass is 264 g/mol. The molecule has 0 saturated carbocycles. The Morgan fingerprint density at radius 3 is 2.79 bits per heavy atom. The highest BCUT2D eigenvalue weighted by atomic mass is 16.4. The smallest absolute Gasteiger partial charge is 0.354 e. The summed E-state index contributed by atoms with van der Waals surface area (Å²) in [5, 5.41) is 17.6. The van der Waals surface area contributed by atoms with Crippen molar-refractivity contribution in [1.82, 2.24) is 9.88 Å². The van der Waals surface area contributed by atoms with Crippen molar-refractivity contribution in [3.63, 3.8) is 0 Å². The third-order valence-corrected chi connectivity index (χ3v) is 3.34. The quantitative estimate of drug-likeness (QED) is 0.832. The summed E-state index contributed by atoms with van der Waals surface area (Å²) in [5.74, 6) is -0.895. The van der Waals surface area contributed by atoms with Gasteiger partial charge in [-0.2, -0.15) is 0 Å². The van der Waals surface area contributed by atoms with Crippen LogP contribution in [0.25, 0.3) is 0 Å². The third kappa shape index (κ3) is 3.08. The third-order valence-electron chi connectivity index (χ3n) is 3.34. The summed E-state index contributed by atoms with van der Waals surface area (Å²) in [7, 11) is 0. The fourth-order valence-corrected chi connectivity index (χ4v) is 2.26. The number of carboxylic acid groups (broad SMARTS) is 1. The average Bonchev–Trinajstić information content (AvgIpc) is 2.87. The van der Waals surface area contributed by atoms with Crippen LogP contribution < -0.4 is 0 Å². The average molecular weight is 264 g/mol. The largest absolute Gasteiger partial charge is 0.477 e. The molecule has 0 radical (unpaired) electrons. The molecule has 1 fully saturated rings. The van der Waals surface area contributed by atoms with Gasteiger partial charge in [0.25, 0.3) is 5.91 Å². The standard InChI is InChI=1S/C13H16N2O4/c16-6-4-9-3-5-15(8-9)12(17)10-1-2-11(13(18)19)14-7-10/h1-2,7,9,16H,3-6,8H2,(H,18,19). The van der Waals surface area contributed by atoms with Crippen LogP contribution in [0.2, 0.25) is 0 Å². The molecule has 19 heavy (non-hydrogen) atoms. The molecule has 1 aliphatic rings. The van der Waals surface area contributed by atoms with E-state index in [-0.39, 0.29) is 18.2 Å². The van der Waals surface area contributed by atoms with E-state index < -0.39 is 5.97 Å². The summed E-state index contributed by atoms with van der Waals surface area (Å²) in [4.78, 5) is 28.3. The van der Waals surface area contributed by atoms with Crippen LogP contribution in [0, 0.1) is 5.92 Å². The number of aliphatic hydroxyl groups excluding tert-OH is 1. The first-order chi connectivity index (χ1) is 9.11. The second-order valence-corrected chi connectivity index (χ2v) is 4.66. The van der Waals surface area contributed by atoms with Crippen LogP contribution >= 0.6 is 0 Å². The number of aliphatic hydroxyl groups is 1. The zero-order valence-electron chi connectivity index (χ0n) is 10.5. The first kappa shape index (κ1) is 13.5. The predicted octanol–water partition coefficient (Wildman–Crippen LogP) is 0.624. The van der Waals surface area contributed by atoms with Gasteiger partial charge in [0.2, 0.25) is 0 Å². The van der Waals surface area contributed by atoms with Gasteiger partial charge in [-0.3, -0.25) is 4.79 Å². The molecule has 1 aromatic rings. The topological polar surface area (TPSA) is 90.7 Å². The number of aromatic nitrogens is 1. The van der Waals surface area contributed by atoms with Crippen molar-refractivity contribution in [2.24, 2.45) is 5.92 Å². The molecule has 1 aromatic heterocycles. The molecule has 0 aliphatic carbocycles. The highest BCUT2D eigenvalue weighted by Gasteiger charge is 2.26. The summed E-state index contributed by atoms with van der Waals surface area (Å²) < 4.78 is 0. The molecule has 1 amide bonds. The number of hydrogen-bond donors (Lipinski definition) is 2. The van der Waals surface area contributed by atoms with E-state index >= 15 is 0 Å². The van der Waals surface area contributed by atoms with Gasteiger partial charge in [-0.05, 0) is 30.9 Å². The normalized spacial score (nSPS) is 18.6. The van der Waals surface area contributed by atoms with E-state index in [1.54, 1.807) is 4.90 Å². The zero-order valence-corrected chi connectivity index (χ0v) is 10.5. The maximum absolute atomic E-state index is 12.2. The minimum atomic E-state index is -1.11. The summed E-state index contributed by atoms with van der Waals surface area (Å²) in [6.45, 7) is 1.45. The molecule has 1 saturated heterocycles. The van der Waals surface area contributed by atoms with Crippen LogP contribution in [0.3, 0.4) is 0 Å². The number of carbonyl (C=O) groups is 2. The van der Waals surface area contributed by atoms with E-state index in [0.29, 0.717) is 31.0 Å². The van der Waals surface area contributed by atoms with Crippen LogP contribution in [-0.4, -0.2) is 51.7 Å². The van der Waals surface area contributed by atoms with E-state index in [2.05, 4.69) is 4.98 Å². The molecule has 0 bridgehead atoms. The SMILES string of the molecule is O=C(O)c1ccc(C(=O)N2CCC(CCO)C2)cn1. The zero-order chi connectivity index (χ0) is 13.8. The van der Waals surface area contributed by atoms with Gasteiger partial charge in [-0.25, -0.2) is 9.78 Å². The van der Waals surface area contributed by atoms with Gasteiger partial charge < -0.3 is 15.1 Å². The van der Waals surface area contributed by atoms with Crippen molar-refractivity contribution in [3.05, 3.63) is 29.6 Å². The Kier molecular flexibility index (Phi) is 4.11. The van der Waals surface area contributed by atoms with E-state index in [4.69, 9.17) is 10.2 Å².